The molecule has 0 aliphatic carbocycles. The molecule has 8 nitrogen and oxygen atoms in total. The van der Waals surface area contributed by atoms with Gasteiger partial charge in [-0.1, -0.05) is 53.2 Å². The average Bonchev–Trinajstić information content (AvgIpc) is 3.41. The van der Waals surface area contributed by atoms with Crippen LogP contribution in [0, 0.1) is 6.92 Å². The first kappa shape index (κ1) is 30.9. The zero-order chi connectivity index (χ0) is 30.5. The van der Waals surface area contributed by atoms with E-state index in [4.69, 9.17) is 32.7 Å². The number of rotatable bonds is 11. The number of para-hydroxylation sites is 1. The van der Waals surface area contributed by atoms with Crippen LogP contribution in [-0.2, 0) is 16.2 Å². The summed E-state index contributed by atoms with van der Waals surface area (Å²) in [5.41, 5.74) is 3.45. The first-order chi connectivity index (χ1) is 20.7. The summed E-state index contributed by atoms with van der Waals surface area (Å²) in [6.07, 6.45) is 0. The van der Waals surface area contributed by atoms with Crippen LogP contribution in [0.25, 0.3) is 21.1 Å². The third-order valence-corrected chi connectivity index (χ3v) is 9.45. The molecule has 0 saturated heterocycles. The summed E-state index contributed by atoms with van der Waals surface area (Å²) in [5, 5.41) is 4.34. The van der Waals surface area contributed by atoms with E-state index in [1.165, 1.54) is 28.0 Å². The number of thiazole rings is 1. The number of hydrogen-bond donors (Lipinski definition) is 1. The Balaban J connectivity index is 1.18. The monoisotopic (exact) mass is 654 g/mol. The van der Waals surface area contributed by atoms with Gasteiger partial charge in [0.15, 0.2) is 4.34 Å². The van der Waals surface area contributed by atoms with Gasteiger partial charge in [-0.2, -0.15) is 0 Å². The van der Waals surface area contributed by atoms with Crippen LogP contribution < -0.4 is 19.7 Å². The topological polar surface area (TPSA) is 93.6 Å². The first-order valence-electron chi connectivity index (χ1n) is 13.4. The zero-order valence-corrected chi connectivity index (χ0v) is 26.8. The fraction of sp³-hybridized carbons (Fsp3) is 0.226. The van der Waals surface area contributed by atoms with Gasteiger partial charge < -0.3 is 19.7 Å². The molecule has 0 aliphatic rings. The third-order valence-electron chi connectivity index (χ3n) is 6.51. The number of carbonyl (C=O) groups is 2. The second-order valence-corrected chi connectivity index (χ2v) is 12.5. The molecule has 0 saturated carbocycles. The van der Waals surface area contributed by atoms with Gasteiger partial charge in [0.1, 0.15) is 23.6 Å². The predicted octanol–water partition coefficient (Wildman–Crippen LogP) is 7.31. The van der Waals surface area contributed by atoms with Crippen molar-refractivity contribution < 1.29 is 19.1 Å². The number of halogens is 2. The highest BCUT2D eigenvalue weighted by Gasteiger charge is 2.20. The first-order valence-corrected chi connectivity index (χ1v) is 15.9. The van der Waals surface area contributed by atoms with Gasteiger partial charge in [-0.25, -0.2) is 9.97 Å². The van der Waals surface area contributed by atoms with Crippen molar-refractivity contribution >= 4 is 84.9 Å². The lowest BCUT2D eigenvalue weighted by atomic mass is 10.1. The Morgan fingerprint density at radius 2 is 1.88 bits per heavy atom. The lowest BCUT2D eigenvalue weighted by molar-refractivity contribution is -0.123. The molecular formula is C31H28Cl2N4O4S2. The largest absolute Gasteiger partial charge is 0.494 e. The lowest BCUT2D eigenvalue weighted by Gasteiger charge is -2.21. The van der Waals surface area contributed by atoms with Crippen molar-refractivity contribution in [1.82, 2.24) is 15.3 Å². The Labute approximate surface area is 267 Å². The highest BCUT2D eigenvalue weighted by Crippen LogP contribution is 2.36. The number of ether oxygens (including phenoxy) is 2. The number of nitrogens with one attached hydrogen (secondary N) is 1. The van der Waals surface area contributed by atoms with Gasteiger partial charge >= 0.3 is 0 Å². The molecule has 0 spiro atoms. The van der Waals surface area contributed by atoms with Crippen LogP contribution in [0.5, 0.6) is 11.5 Å². The smallest absolute Gasteiger partial charge is 0.246 e. The lowest BCUT2D eigenvalue weighted by Crippen LogP contribution is -2.39. The molecule has 2 heterocycles. The quantitative estimate of drug-likeness (QED) is 0.149. The van der Waals surface area contributed by atoms with E-state index in [2.05, 4.69) is 15.3 Å². The fourth-order valence-electron chi connectivity index (χ4n) is 4.27. The maximum Gasteiger partial charge on any atom is 0.246 e. The van der Waals surface area contributed by atoms with Crippen LogP contribution in [0.4, 0.5) is 5.69 Å². The zero-order valence-electron chi connectivity index (χ0n) is 23.6. The molecular weight excluding hydrogens is 627 g/mol. The molecule has 1 N–H and O–H groups in total. The number of hydrogen-bond acceptors (Lipinski definition) is 8. The highest BCUT2D eigenvalue weighted by molar-refractivity contribution is 8.01. The normalized spacial score (nSPS) is 11.1. The van der Waals surface area contributed by atoms with Crippen molar-refractivity contribution in [2.45, 2.75) is 24.8 Å². The SMILES string of the molecule is CCOc1ccc2nc(SCC(=O)NCC(=O)N(C)c3ccc(Cl)c(COc4cccc5ccc(C)nc45)c3Cl)sc2c1. The summed E-state index contributed by atoms with van der Waals surface area (Å²) in [6.45, 7) is 4.32. The number of likely N-dealkylation sites (N-methyl/N-ethyl adjacent to an activating group) is 1. The van der Waals surface area contributed by atoms with E-state index in [1.54, 1.807) is 19.2 Å². The van der Waals surface area contributed by atoms with E-state index in [0.29, 0.717) is 28.6 Å². The molecule has 43 heavy (non-hydrogen) atoms. The van der Waals surface area contributed by atoms with Gasteiger partial charge in [0, 0.05) is 28.7 Å². The number of fused-ring (bicyclic) bond motifs is 2. The molecule has 0 atom stereocenters. The number of benzene rings is 3. The number of aryl methyl sites for hydroxylation is 1. The molecule has 3 aromatic carbocycles. The Morgan fingerprint density at radius 3 is 2.70 bits per heavy atom. The Morgan fingerprint density at radius 1 is 1.05 bits per heavy atom. The van der Waals surface area contributed by atoms with Crippen LogP contribution in [0.1, 0.15) is 18.2 Å². The van der Waals surface area contributed by atoms with Crippen LogP contribution in [-0.4, -0.2) is 47.7 Å². The number of amides is 2. The summed E-state index contributed by atoms with van der Waals surface area (Å²) in [4.78, 5) is 36.1. The summed E-state index contributed by atoms with van der Waals surface area (Å²) >= 11 is 16.0. The number of anilines is 1. The molecule has 2 amide bonds. The summed E-state index contributed by atoms with van der Waals surface area (Å²) in [7, 11) is 1.60. The van der Waals surface area contributed by atoms with Crippen molar-refractivity contribution in [3.8, 4) is 11.5 Å². The predicted molar refractivity (Wildman–Crippen MR) is 175 cm³/mol. The molecule has 5 aromatic rings. The molecule has 12 heteroatoms. The van der Waals surface area contributed by atoms with Gasteiger partial charge in [0.25, 0.3) is 0 Å². The third kappa shape index (κ3) is 7.33. The number of nitrogens with zero attached hydrogens (tertiary/aromatic N) is 3. The number of carbonyl (C=O) groups excluding carboxylic acids is 2. The van der Waals surface area contributed by atoms with Gasteiger partial charge in [-0.15, -0.1) is 11.3 Å². The maximum absolute atomic E-state index is 13.0. The van der Waals surface area contributed by atoms with E-state index in [9.17, 15) is 9.59 Å². The summed E-state index contributed by atoms with van der Waals surface area (Å²) in [6, 6.07) is 18.7. The minimum atomic E-state index is -0.341. The average molecular weight is 656 g/mol. The van der Waals surface area contributed by atoms with Gasteiger partial charge in [-0.05, 0) is 56.3 Å². The summed E-state index contributed by atoms with van der Waals surface area (Å²) < 4.78 is 13.4. The van der Waals surface area contributed by atoms with E-state index >= 15 is 0 Å². The van der Waals surface area contributed by atoms with Crippen LogP contribution in [0.2, 0.25) is 10.0 Å². The second kappa shape index (κ2) is 13.8. The molecule has 0 unspecified atom stereocenters. The Bertz CT molecular complexity index is 1810. The molecule has 0 radical (unpaired) electrons. The van der Waals surface area contributed by atoms with Crippen LogP contribution in [0.15, 0.2) is 65.0 Å². The highest BCUT2D eigenvalue weighted by atomic mass is 35.5. The maximum atomic E-state index is 13.0. The molecule has 0 bridgehead atoms. The molecule has 222 valence electrons. The van der Waals surface area contributed by atoms with E-state index in [1.807, 2.05) is 62.4 Å². The molecule has 5 rings (SSSR count). The van der Waals surface area contributed by atoms with Crippen molar-refractivity contribution in [3.05, 3.63) is 82.0 Å². The van der Waals surface area contributed by atoms with E-state index in [-0.39, 0.29) is 35.7 Å². The Kier molecular flexibility index (Phi) is 9.92. The van der Waals surface area contributed by atoms with Crippen molar-refractivity contribution in [2.24, 2.45) is 0 Å². The van der Waals surface area contributed by atoms with Crippen LogP contribution in [0.3, 0.4) is 0 Å². The van der Waals surface area contributed by atoms with Crippen molar-refractivity contribution in [3.63, 3.8) is 0 Å². The molecule has 2 aromatic heterocycles. The minimum Gasteiger partial charge on any atom is -0.494 e. The molecule has 0 aliphatic heterocycles. The molecule has 0 fully saturated rings. The Hall–Kier alpha value is -3.57. The fourth-order valence-corrected chi connectivity index (χ4v) is 6.80. The van der Waals surface area contributed by atoms with Crippen molar-refractivity contribution in [1.29, 1.82) is 0 Å². The van der Waals surface area contributed by atoms with Crippen LogP contribution >= 0.6 is 46.3 Å². The number of pyridine rings is 1. The summed E-state index contributed by atoms with van der Waals surface area (Å²) in [5.74, 6) is 0.891. The number of aromatic nitrogens is 2. The van der Waals surface area contributed by atoms with E-state index in [0.717, 1.165) is 36.9 Å². The van der Waals surface area contributed by atoms with Crippen molar-refractivity contribution in [2.75, 3.05) is 30.9 Å². The van der Waals surface area contributed by atoms with Gasteiger partial charge in [0.05, 0.1) is 39.8 Å². The second-order valence-electron chi connectivity index (χ2n) is 9.49. The number of thioether (sulfide) groups is 1. The standard InChI is InChI=1S/C31H28Cl2N4O4S2/c1-4-40-20-10-12-23-26(14-20)43-31(36-23)42-17-27(38)34-15-28(39)37(3)24-13-11-22(32)21(29(24)33)16-41-25-7-5-6-19-9-8-18(2)35-30(19)25/h5-14H,4,15-17H2,1-3H3,(H,34,38). The van der Waals surface area contributed by atoms with Gasteiger partial charge in [-0.3, -0.25) is 9.59 Å². The van der Waals surface area contributed by atoms with Gasteiger partial charge in [0.2, 0.25) is 11.8 Å². The minimum absolute atomic E-state index is 0.0783. The van der Waals surface area contributed by atoms with E-state index < -0.39 is 0 Å².